The Bertz CT molecular complexity index is 478. The van der Waals surface area contributed by atoms with Gasteiger partial charge in [0, 0.05) is 32.4 Å². The van der Waals surface area contributed by atoms with E-state index in [4.69, 9.17) is 10.00 Å². The van der Waals surface area contributed by atoms with Crippen LogP contribution in [-0.4, -0.2) is 20.3 Å². The Labute approximate surface area is 113 Å². The first-order chi connectivity index (χ1) is 9.21. The minimum atomic E-state index is -0.403. The average molecular weight is 262 g/mol. The fourth-order valence-corrected chi connectivity index (χ4v) is 2.28. The molecule has 1 N–H and O–H groups in total. The van der Waals surface area contributed by atoms with Crippen LogP contribution >= 0.6 is 0 Å². The molecule has 1 saturated carbocycles. The van der Waals surface area contributed by atoms with Gasteiger partial charge >= 0.3 is 0 Å². The number of ether oxygens (including phenoxy) is 1. The van der Waals surface area contributed by atoms with Gasteiger partial charge in [-0.05, 0) is 30.7 Å². The number of hydrogen-bond donors (Lipinski definition) is 1. The molecule has 1 aliphatic carbocycles. The summed E-state index contributed by atoms with van der Waals surface area (Å²) in [7, 11) is 1.71. The second kappa shape index (κ2) is 6.14. The van der Waals surface area contributed by atoms with Gasteiger partial charge in [-0.3, -0.25) is 0 Å². The zero-order chi connectivity index (χ0) is 13.7. The number of hydrogen-bond acceptors (Lipinski definition) is 3. The lowest BCUT2D eigenvalue weighted by Crippen LogP contribution is -2.25. The van der Waals surface area contributed by atoms with E-state index in [1.165, 1.54) is 18.9 Å². The molecule has 0 bridgehead atoms. The van der Waals surface area contributed by atoms with Crippen molar-refractivity contribution in [2.24, 2.45) is 5.41 Å². The lowest BCUT2D eigenvalue weighted by Gasteiger charge is -2.15. The predicted octanol–water partition coefficient (Wildman–Crippen LogP) is 2.60. The highest BCUT2D eigenvalue weighted by molar-refractivity contribution is 5.34. The molecule has 1 fully saturated rings. The first kappa shape index (κ1) is 14.0. The maximum atomic E-state index is 13.8. The molecular weight excluding hydrogens is 243 g/mol. The molecule has 4 heteroatoms. The van der Waals surface area contributed by atoms with Gasteiger partial charge in [-0.15, -0.1) is 0 Å². The number of nitrogens with one attached hydrogen (secondary N) is 1. The number of rotatable bonds is 7. The van der Waals surface area contributed by atoms with E-state index in [9.17, 15) is 4.39 Å². The van der Waals surface area contributed by atoms with Crippen LogP contribution in [0.15, 0.2) is 18.2 Å². The maximum absolute atomic E-state index is 13.8. The number of nitriles is 1. The molecule has 2 rings (SSSR count). The maximum Gasteiger partial charge on any atom is 0.145 e. The van der Waals surface area contributed by atoms with Gasteiger partial charge in [-0.2, -0.15) is 5.26 Å². The molecule has 102 valence electrons. The fourth-order valence-electron chi connectivity index (χ4n) is 2.28. The van der Waals surface area contributed by atoms with E-state index >= 15 is 0 Å². The van der Waals surface area contributed by atoms with Gasteiger partial charge in [0.1, 0.15) is 11.9 Å². The minimum absolute atomic E-state index is 0.111. The van der Waals surface area contributed by atoms with Crippen molar-refractivity contribution >= 4 is 0 Å². The van der Waals surface area contributed by atoms with E-state index in [2.05, 4.69) is 5.32 Å². The Morgan fingerprint density at radius 3 is 2.89 bits per heavy atom. The molecule has 0 saturated heterocycles. The smallest absolute Gasteiger partial charge is 0.145 e. The molecule has 0 spiro atoms. The van der Waals surface area contributed by atoms with E-state index in [0.717, 1.165) is 19.6 Å². The summed E-state index contributed by atoms with van der Waals surface area (Å²) < 4.78 is 18.9. The molecule has 0 aliphatic heterocycles. The Hall–Kier alpha value is -1.44. The Kier molecular flexibility index (Phi) is 4.52. The van der Waals surface area contributed by atoms with Crippen molar-refractivity contribution in [3.05, 3.63) is 35.1 Å². The summed E-state index contributed by atoms with van der Waals surface area (Å²) in [5.74, 6) is -0.403. The summed E-state index contributed by atoms with van der Waals surface area (Å²) in [6.45, 7) is 2.13. The van der Waals surface area contributed by atoms with Crippen LogP contribution in [0.2, 0.25) is 0 Å². The third-order valence-corrected chi connectivity index (χ3v) is 3.81. The van der Waals surface area contributed by atoms with Crippen molar-refractivity contribution in [1.82, 2.24) is 5.32 Å². The first-order valence-corrected chi connectivity index (χ1v) is 6.58. The van der Waals surface area contributed by atoms with Crippen LogP contribution in [0.25, 0.3) is 0 Å². The zero-order valence-electron chi connectivity index (χ0n) is 11.2. The van der Waals surface area contributed by atoms with Crippen LogP contribution in [0, 0.1) is 22.6 Å². The first-order valence-electron chi connectivity index (χ1n) is 6.58. The summed E-state index contributed by atoms with van der Waals surface area (Å²) in [4.78, 5) is 0. The molecule has 0 unspecified atom stereocenters. The van der Waals surface area contributed by atoms with E-state index in [0.29, 0.717) is 17.5 Å². The molecule has 0 amide bonds. The van der Waals surface area contributed by atoms with Gasteiger partial charge in [-0.1, -0.05) is 12.1 Å². The van der Waals surface area contributed by atoms with Crippen LogP contribution in [0.4, 0.5) is 4.39 Å². The third kappa shape index (κ3) is 3.52. The molecule has 1 aromatic carbocycles. The fraction of sp³-hybridized carbons (Fsp3) is 0.533. The van der Waals surface area contributed by atoms with Gasteiger partial charge in [0.05, 0.1) is 5.56 Å². The molecule has 3 nitrogen and oxygen atoms in total. The van der Waals surface area contributed by atoms with Crippen LogP contribution < -0.4 is 5.32 Å². The minimum Gasteiger partial charge on any atom is -0.385 e. The highest BCUT2D eigenvalue weighted by Crippen LogP contribution is 2.48. The van der Waals surface area contributed by atoms with Gasteiger partial charge in [0.15, 0.2) is 0 Å². The van der Waals surface area contributed by atoms with Crippen molar-refractivity contribution in [2.75, 3.05) is 20.3 Å². The second-order valence-electron chi connectivity index (χ2n) is 5.24. The van der Waals surface area contributed by atoms with Crippen molar-refractivity contribution < 1.29 is 9.13 Å². The van der Waals surface area contributed by atoms with E-state index in [1.807, 2.05) is 6.07 Å². The average Bonchev–Trinajstić information content (AvgIpc) is 3.19. The summed E-state index contributed by atoms with van der Waals surface area (Å²) in [6, 6.07) is 6.80. The van der Waals surface area contributed by atoms with Crippen LogP contribution in [-0.2, 0) is 11.3 Å². The Morgan fingerprint density at radius 1 is 1.47 bits per heavy atom. The van der Waals surface area contributed by atoms with Crippen LogP contribution in [0.5, 0.6) is 0 Å². The molecule has 0 atom stereocenters. The number of halogens is 1. The molecule has 19 heavy (non-hydrogen) atoms. The van der Waals surface area contributed by atoms with Gasteiger partial charge in [0.2, 0.25) is 0 Å². The summed E-state index contributed by atoms with van der Waals surface area (Å²) in [5.41, 5.74) is 1.01. The van der Waals surface area contributed by atoms with Gasteiger partial charge in [-0.25, -0.2) is 4.39 Å². The standard InChI is InChI=1S/C15H19FN2O/c1-19-8-7-15(5-6-15)11-18-10-13-4-2-3-12(9-17)14(13)16/h2-4,18H,5-8,10-11H2,1H3. The van der Waals surface area contributed by atoms with E-state index < -0.39 is 5.82 Å². The molecule has 1 aliphatic rings. The van der Waals surface area contributed by atoms with Crippen molar-refractivity contribution in [3.8, 4) is 6.07 Å². The Morgan fingerprint density at radius 2 is 2.26 bits per heavy atom. The molecule has 0 radical (unpaired) electrons. The molecule has 1 aromatic rings. The number of nitrogens with zero attached hydrogens (tertiary/aromatic N) is 1. The molecular formula is C15H19FN2O. The lowest BCUT2D eigenvalue weighted by atomic mass is 10.0. The lowest BCUT2D eigenvalue weighted by molar-refractivity contribution is 0.171. The second-order valence-corrected chi connectivity index (χ2v) is 5.24. The van der Waals surface area contributed by atoms with Crippen molar-refractivity contribution in [3.63, 3.8) is 0 Å². The summed E-state index contributed by atoms with van der Waals surface area (Å²) >= 11 is 0. The summed E-state index contributed by atoms with van der Waals surface area (Å²) in [6.07, 6.45) is 3.48. The van der Waals surface area contributed by atoms with Crippen LogP contribution in [0.1, 0.15) is 30.4 Å². The van der Waals surface area contributed by atoms with E-state index in [1.54, 1.807) is 19.2 Å². The third-order valence-electron chi connectivity index (χ3n) is 3.81. The van der Waals surface area contributed by atoms with Gasteiger partial charge < -0.3 is 10.1 Å². The van der Waals surface area contributed by atoms with Crippen molar-refractivity contribution in [2.45, 2.75) is 25.8 Å². The number of benzene rings is 1. The van der Waals surface area contributed by atoms with Crippen LogP contribution in [0.3, 0.4) is 0 Å². The topological polar surface area (TPSA) is 45.0 Å². The van der Waals surface area contributed by atoms with E-state index in [-0.39, 0.29) is 5.56 Å². The van der Waals surface area contributed by atoms with Crippen molar-refractivity contribution in [1.29, 1.82) is 5.26 Å². The Balaban J connectivity index is 1.85. The largest absolute Gasteiger partial charge is 0.385 e. The summed E-state index contributed by atoms with van der Waals surface area (Å²) in [5, 5.41) is 12.1. The monoisotopic (exact) mass is 262 g/mol. The SMILES string of the molecule is COCCC1(CNCc2cccc(C#N)c2F)CC1. The highest BCUT2D eigenvalue weighted by Gasteiger charge is 2.41. The van der Waals surface area contributed by atoms with Gasteiger partial charge in [0.25, 0.3) is 0 Å². The normalized spacial score (nSPS) is 16.1. The molecule has 0 aromatic heterocycles. The zero-order valence-corrected chi connectivity index (χ0v) is 11.2. The highest BCUT2D eigenvalue weighted by atomic mass is 19.1. The predicted molar refractivity (Wildman–Crippen MR) is 71.0 cm³/mol. The number of methoxy groups -OCH3 is 1. The quantitative estimate of drug-likeness (QED) is 0.821. The molecule has 0 heterocycles.